The fourth-order valence-electron chi connectivity index (χ4n) is 2.06. The Morgan fingerprint density at radius 1 is 1.14 bits per heavy atom. The molecule has 0 atom stereocenters. The summed E-state index contributed by atoms with van der Waals surface area (Å²) in [6.07, 6.45) is 0. The Balaban J connectivity index is 2.06. The summed E-state index contributed by atoms with van der Waals surface area (Å²) in [7, 11) is 0. The first-order valence-electron chi connectivity index (χ1n) is 6.53. The summed E-state index contributed by atoms with van der Waals surface area (Å²) >= 11 is 0. The maximum Gasteiger partial charge on any atom is 0.274 e. The van der Waals surface area contributed by atoms with Gasteiger partial charge >= 0.3 is 0 Å². The summed E-state index contributed by atoms with van der Waals surface area (Å²) in [6.45, 7) is -0.252. The molecule has 110 valence electrons. The molecule has 22 heavy (non-hydrogen) atoms. The number of carbonyl (C=O) groups excluding carboxylic acids is 1. The molecule has 7 heteroatoms. The minimum absolute atomic E-state index is 0.151. The minimum Gasteiger partial charge on any atom is -0.368 e. The summed E-state index contributed by atoms with van der Waals surface area (Å²) in [5, 5.41) is 3.90. The van der Waals surface area contributed by atoms with E-state index in [-0.39, 0.29) is 18.0 Å². The highest BCUT2D eigenvalue weighted by Crippen LogP contribution is 2.21. The number of benzene rings is 1. The summed E-state index contributed by atoms with van der Waals surface area (Å²) in [5.41, 5.74) is 5.94. The van der Waals surface area contributed by atoms with Crippen LogP contribution in [0.2, 0.25) is 0 Å². The molecule has 0 aliphatic carbocycles. The van der Waals surface area contributed by atoms with E-state index in [0.717, 1.165) is 5.56 Å². The van der Waals surface area contributed by atoms with Crippen molar-refractivity contribution in [3.05, 3.63) is 58.9 Å². The lowest BCUT2D eigenvalue weighted by Crippen LogP contribution is -2.28. The van der Waals surface area contributed by atoms with Crippen molar-refractivity contribution < 1.29 is 9.32 Å². The lowest BCUT2D eigenvalue weighted by molar-refractivity contribution is -0.118. The number of hydrogen-bond donors (Lipinski definition) is 1. The smallest absolute Gasteiger partial charge is 0.274 e. The van der Waals surface area contributed by atoms with Gasteiger partial charge in [0.2, 0.25) is 11.7 Å². The first kappa shape index (κ1) is 13.7. The van der Waals surface area contributed by atoms with Crippen molar-refractivity contribution in [1.82, 2.24) is 14.7 Å². The summed E-state index contributed by atoms with van der Waals surface area (Å²) in [6, 6.07) is 13.8. The van der Waals surface area contributed by atoms with Crippen molar-refractivity contribution in [3.63, 3.8) is 0 Å². The number of aromatic nitrogens is 3. The van der Waals surface area contributed by atoms with Crippen LogP contribution in [-0.4, -0.2) is 20.6 Å². The molecule has 0 saturated carbocycles. The third-order valence-corrected chi connectivity index (χ3v) is 3.04. The van der Waals surface area contributed by atoms with E-state index in [4.69, 9.17) is 10.3 Å². The zero-order valence-corrected chi connectivity index (χ0v) is 11.5. The van der Waals surface area contributed by atoms with Crippen LogP contribution in [0, 0.1) is 0 Å². The number of hydrogen-bond acceptors (Lipinski definition) is 5. The largest absolute Gasteiger partial charge is 0.368 e. The van der Waals surface area contributed by atoms with Crippen LogP contribution in [0.15, 0.2) is 57.8 Å². The van der Waals surface area contributed by atoms with Crippen LogP contribution in [0.3, 0.4) is 0 Å². The van der Waals surface area contributed by atoms with Crippen LogP contribution in [-0.2, 0) is 11.3 Å². The Hall–Kier alpha value is -3.22. The average molecular weight is 296 g/mol. The highest BCUT2D eigenvalue weighted by atomic mass is 16.5. The summed E-state index contributed by atoms with van der Waals surface area (Å²) in [4.78, 5) is 27.3. The number of nitrogens with zero attached hydrogens (tertiary/aromatic N) is 3. The van der Waals surface area contributed by atoms with Gasteiger partial charge in [-0.05, 0) is 6.07 Å². The van der Waals surface area contributed by atoms with Gasteiger partial charge < -0.3 is 10.3 Å². The monoisotopic (exact) mass is 296 g/mol. The summed E-state index contributed by atoms with van der Waals surface area (Å²) < 4.78 is 6.41. The quantitative estimate of drug-likeness (QED) is 0.775. The predicted molar refractivity (Wildman–Crippen MR) is 78.6 cm³/mol. The maximum atomic E-state index is 11.9. The Morgan fingerprint density at radius 3 is 2.64 bits per heavy atom. The van der Waals surface area contributed by atoms with Crippen LogP contribution in [0.4, 0.5) is 0 Å². The molecule has 7 nitrogen and oxygen atoms in total. The molecular formula is C15H12N4O3. The second kappa shape index (κ2) is 5.65. The standard InChI is InChI=1S/C15H12N4O3/c16-12(20)9-19-11(7-4-8-13(19)21)15-17-14(18-22-15)10-5-2-1-3-6-10/h1-8H,9H2,(H2,16,20). The normalized spacial score (nSPS) is 10.5. The van der Waals surface area contributed by atoms with Crippen molar-refractivity contribution in [2.24, 2.45) is 5.73 Å². The van der Waals surface area contributed by atoms with E-state index in [9.17, 15) is 9.59 Å². The Morgan fingerprint density at radius 2 is 1.91 bits per heavy atom. The molecule has 3 rings (SSSR count). The van der Waals surface area contributed by atoms with Crippen molar-refractivity contribution in [2.45, 2.75) is 6.54 Å². The number of rotatable bonds is 4. The molecule has 1 amide bonds. The number of primary amides is 1. The van der Waals surface area contributed by atoms with Crippen LogP contribution in [0.5, 0.6) is 0 Å². The van der Waals surface area contributed by atoms with E-state index in [2.05, 4.69) is 10.1 Å². The molecule has 0 radical (unpaired) electrons. The van der Waals surface area contributed by atoms with Crippen molar-refractivity contribution in [3.8, 4) is 23.0 Å². The Labute approximate surface area is 125 Å². The molecule has 2 heterocycles. The van der Waals surface area contributed by atoms with Crippen LogP contribution in [0.1, 0.15) is 0 Å². The van der Waals surface area contributed by atoms with E-state index in [1.54, 1.807) is 12.1 Å². The molecule has 1 aromatic carbocycles. The van der Waals surface area contributed by atoms with Crippen molar-refractivity contribution >= 4 is 5.91 Å². The van der Waals surface area contributed by atoms with E-state index < -0.39 is 5.91 Å². The minimum atomic E-state index is -0.627. The molecule has 2 aromatic heterocycles. The van der Waals surface area contributed by atoms with Crippen molar-refractivity contribution in [2.75, 3.05) is 0 Å². The van der Waals surface area contributed by atoms with E-state index in [0.29, 0.717) is 11.5 Å². The molecule has 0 aliphatic rings. The Kier molecular flexibility index (Phi) is 3.53. The van der Waals surface area contributed by atoms with Gasteiger partial charge in [0.15, 0.2) is 0 Å². The fourth-order valence-corrected chi connectivity index (χ4v) is 2.06. The molecule has 3 aromatic rings. The van der Waals surface area contributed by atoms with Gasteiger partial charge in [-0.15, -0.1) is 0 Å². The van der Waals surface area contributed by atoms with Gasteiger partial charge in [-0.2, -0.15) is 4.98 Å². The fraction of sp³-hybridized carbons (Fsp3) is 0.0667. The van der Waals surface area contributed by atoms with E-state index in [1.807, 2.05) is 30.3 Å². The van der Waals surface area contributed by atoms with Gasteiger partial charge in [0.05, 0.1) is 0 Å². The van der Waals surface area contributed by atoms with Crippen LogP contribution in [0.25, 0.3) is 23.0 Å². The maximum absolute atomic E-state index is 11.9. The topological polar surface area (TPSA) is 104 Å². The number of pyridine rings is 1. The molecular weight excluding hydrogens is 284 g/mol. The lowest BCUT2D eigenvalue weighted by atomic mass is 10.2. The van der Waals surface area contributed by atoms with Crippen LogP contribution < -0.4 is 11.3 Å². The SMILES string of the molecule is NC(=O)Cn1c(-c2nc(-c3ccccc3)no2)cccc1=O. The number of carbonyl (C=O) groups is 1. The average Bonchev–Trinajstić information content (AvgIpc) is 2.99. The van der Waals surface area contributed by atoms with Gasteiger partial charge in [0.25, 0.3) is 11.4 Å². The van der Waals surface area contributed by atoms with Crippen molar-refractivity contribution in [1.29, 1.82) is 0 Å². The highest BCUT2D eigenvalue weighted by Gasteiger charge is 2.15. The molecule has 0 bridgehead atoms. The lowest BCUT2D eigenvalue weighted by Gasteiger charge is -2.06. The van der Waals surface area contributed by atoms with Gasteiger partial charge in [0.1, 0.15) is 12.2 Å². The number of nitrogens with two attached hydrogens (primary N) is 1. The number of amides is 1. The van der Waals surface area contributed by atoms with Gasteiger partial charge in [-0.3, -0.25) is 14.2 Å². The van der Waals surface area contributed by atoms with Crippen LogP contribution >= 0.6 is 0 Å². The third-order valence-electron chi connectivity index (χ3n) is 3.04. The summed E-state index contributed by atoms with van der Waals surface area (Å²) in [5.74, 6) is -0.0762. The first-order valence-corrected chi connectivity index (χ1v) is 6.53. The molecule has 0 saturated heterocycles. The molecule has 0 unspecified atom stereocenters. The predicted octanol–water partition coefficient (Wildman–Crippen LogP) is 1.05. The third kappa shape index (κ3) is 2.64. The zero-order valence-electron chi connectivity index (χ0n) is 11.5. The zero-order chi connectivity index (χ0) is 15.5. The molecule has 2 N–H and O–H groups in total. The Bertz CT molecular complexity index is 868. The first-order chi connectivity index (χ1) is 10.6. The molecule has 0 fully saturated rings. The van der Waals surface area contributed by atoms with E-state index in [1.165, 1.54) is 10.6 Å². The second-order valence-electron chi connectivity index (χ2n) is 4.59. The van der Waals surface area contributed by atoms with Gasteiger partial charge in [-0.1, -0.05) is 41.6 Å². The highest BCUT2D eigenvalue weighted by molar-refractivity contribution is 5.74. The van der Waals surface area contributed by atoms with Gasteiger partial charge in [0, 0.05) is 11.6 Å². The molecule has 0 spiro atoms. The van der Waals surface area contributed by atoms with Gasteiger partial charge in [-0.25, -0.2) is 0 Å². The van der Waals surface area contributed by atoms with E-state index >= 15 is 0 Å². The molecule has 0 aliphatic heterocycles. The second-order valence-corrected chi connectivity index (χ2v) is 4.59.